The molecule has 0 bridgehead atoms. The summed E-state index contributed by atoms with van der Waals surface area (Å²) in [6, 6.07) is 14.1. The zero-order valence-corrected chi connectivity index (χ0v) is 22.6. The van der Waals surface area contributed by atoms with Crippen molar-refractivity contribution in [3.05, 3.63) is 69.8 Å². The lowest BCUT2D eigenvalue weighted by Crippen LogP contribution is -2.27. The van der Waals surface area contributed by atoms with E-state index in [-0.39, 0.29) is 21.7 Å². The molecule has 0 saturated carbocycles. The molecule has 0 N–H and O–H groups in total. The second-order valence-corrected chi connectivity index (χ2v) is 13.6. The van der Waals surface area contributed by atoms with Gasteiger partial charge in [-0.15, -0.1) is 0 Å². The molecule has 0 saturated heterocycles. The fourth-order valence-corrected chi connectivity index (χ4v) is 4.73. The molecule has 0 fully saturated rings. The summed E-state index contributed by atoms with van der Waals surface area (Å²) >= 11 is 0. The molecule has 0 amide bonds. The molecule has 0 nitrogen and oxygen atoms in total. The van der Waals surface area contributed by atoms with Crippen molar-refractivity contribution in [3.63, 3.8) is 0 Å². The summed E-state index contributed by atoms with van der Waals surface area (Å²) in [5.74, 6) is 0. The smallest absolute Gasteiger partial charge is 0.0126 e. The second kappa shape index (κ2) is 8.76. The molecule has 2 aromatic rings. The molecule has 0 aliphatic carbocycles. The molecule has 0 spiro atoms. The molecule has 31 heavy (non-hydrogen) atoms. The van der Waals surface area contributed by atoms with Crippen LogP contribution in [0.3, 0.4) is 0 Å². The topological polar surface area (TPSA) is 0 Å². The van der Waals surface area contributed by atoms with Gasteiger partial charge in [0, 0.05) is 0 Å². The maximum absolute atomic E-state index is 2.42. The van der Waals surface area contributed by atoms with Gasteiger partial charge in [-0.25, -0.2) is 0 Å². The van der Waals surface area contributed by atoms with E-state index in [1.165, 1.54) is 28.7 Å². The van der Waals surface area contributed by atoms with Crippen LogP contribution >= 0.6 is 0 Å². The summed E-state index contributed by atoms with van der Waals surface area (Å²) in [5, 5.41) is 0. The highest BCUT2D eigenvalue weighted by molar-refractivity contribution is 5.50. The van der Waals surface area contributed by atoms with E-state index in [1.54, 1.807) is 11.1 Å². The predicted octanol–water partition coefficient (Wildman–Crippen LogP) is 9.05. The summed E-state index contributed by atoms with van der Waals surface area (Å²) < 4.78 is 0. The zero-order chi connectivity index (χ0) is 23.8. The van der Waals surface area contributed by atoms with Gasteiger partial charge in [0.25, 0.3) is 0 Å². The van der Waals surface area contributed by atoms with Crippen molar-refractivity contribution in [1.29, 1.82) is 0 Å². The monoisotopic (exact) mass is 420 g/mol. The van der Waals surface area contributed by atoms with Gasteiger partial charge >= 0.3 is 0 Å². The van der Waals surface area contributed by atoms with Crippen LogP contribution in [-0.2, 0) is 34.5 Å². The Morgan fingerprint density at radius 1 is 0.484 bits per heavy atom. The Bertz CT molecular complexity index is 866. The first kappa shape index (κ1) is 25.7. The average Bonchev–Trinajstić information content (AvgIpc) is 2.58. The lowest BCUT2D eigenvalue weighted by Gasteiger charge is -2.36. The zero-order valence-electron chi connectivity index (χ0n) is 22.6. The van der Waals surface area contributed by atoms with Crippen molar-refractivity contribution in [2.24, 2.45) is 0 Å². The standard InChI is InChI=1S/C31H48/c1-28(2,3)23-18-16-22(17-19-23)14-13-15-24-25(29(4,5)6)20-21-26(30(7,8)9)27(24)31(10,11)12/h16-21H,13-15H2,1-12H3. The Kier molecular flexibility index (Phi) is 7.26. The highest BCUT2D eigenvalue weighted by Crippen LogP contribution is 2.41. The van der Waals surface area contributed by atoms with Gasteiger partial charge in [-0.05, 0) is 74.3 Å². The first-order valence-corrected chi connectivity index (χ1v) is 12.2. The minimum Gasteiger partial charge on any atom is -0.0588 e. The Labute approximate surface area is 193 Å². The summed E-state index contributed by atoms with van der Waals surface area (Å²) in [6.45, 7) is 28.2. The fraction of sp³-hybridized carbons (Fsp3) is 0.613. The second-order valence-electron chi connectivity index (χ2n) is 13.6. The first-order valence-electron chi connectivity index (χ1n) is 12.2. The summed E-state index contributed by atoms with van der Waals surface area (Å²) in [5.41, 5.74) is 9.73. The fourth-order valence-electron chi connectivity index (χ4n) is 4.73. The highest BCUT2D eigenvalue weighted by Gasteiger charge is 2.31. The van der Waals surface area contributed by atoms with Crippen LogP contribution in [0.1, 0.15) is 123 Å². The highest BCUT2D eigenvalue weighted by atomic mass is 14.4. The normalized spacial score (nSPS) is 13.5. The van der Waals surface area contributed by atoms with Crippen molar-refractivity contribution in [1.82, 2.24) is 0 Å². The molecule has 172 valence electrons. The van der Waals surface area contributed by atoms with E-state index in [1.807, 2.05) is 0 Å². The molecular weight excluding hydrogens is 372 g/mol. The lowest BCUT2D eigenvalue weighted by atomic mass is 9.69. The van der Waals surface area contributed by atoms with Gasteiger partial charge < -0.3 is 0 Å². The largest absolute Gasteiger partial charge is 0.0588 e. The van der Waals surface area contributed by atoms with Gasteiger partial charge in [-0.2, -0.15) is 0 Å². The van der Waals surface area contributed by atoms with Gasteiger partial charge in [0.1, 0.15) is 0 Å². The molecular formula is C31H48. The van der Waals surface area contributed by atoms with Crippen molar-refractivity contribution in [3.8, 4) is 0 Å². The maximum Gasteiger partial charge on any atom is -0.0126 e. The molecule has 0 atom stereocenters. The molecule has 0 aliphatic rings. The van der Waals surface area contributed by atoms with Crippen molar-refractivity contribution < 1.29 is 0 Å². The Morgan fingerprint density at radius 3 is 1.39 bits per heavy atom. The van der Waals surface area contributed by atoms with Crippen LogP contribution in [0.25, 0.3) is 0 Å². The van der Waals surface area contributed by atoms with E-state index in [4.69, 9.17) is 0 Å². The molecule has 0 radical (unpaired) electrons. The van der Waals surface area contributed by atoms with Crippen LogP contribution in [-0.4, -0.2) is 0 Å². The third-order valence-corrected chi connectivity index (χ3v) is 6.39. The molecule has 2 aromatic carbocycles. The van der Waals surface area contributed by atoms with Gasteiger partial charge in [0.2, 0.25) is 0 Å². The molecule has 2 rings (SSSR count). The molecule has 0 heteroatoms. The quantitative estimate of drug-likeness (QED) is 0.462. The summed E-state index contributed by atoms with van der Waals surface area (Å²) in [4.78, 5) is 0. The van der Waals surface area contributed by atoms with Crippen LogP contribution in [0.5, 0.6) is 0 Å². The third kappa shape index (κ3) is 6.47. The summed E-state index contributed by atoms with van der Waals surface area (Å²) in [6.07, 6.45) is 3.47. The number of rotatable bonds is 4. The number of hydrogen-bond donors (Lipinski definition) is 0. The van der Waals surface area contributed by atoms with Crippen LogP contribution in [0.2, 0.25) is 0 Å². The molecule has 0 aliphatic heterocycles. The van der Waals surface area contributed by atoms with E-state index in [0.717, 1.165) is 12.8 Å². The van der Waals surface area contributed by atoms with E-state index in [9.17, 15) is 0 Å². The van der Waals surface area contributed by atoms with Gasteiger partial charge in [0.15, 0.2) is 0 Å². The van der Waals surface area contributed by atoms with Crippen molar-refractivity contribution >= 4 is 0 Å². The average molecular weight is 421 g/mol. The van der Waals surface area contributed by atoms with E-state index in [0.29, 0.717) is 0 Å². The van der Waals surface area contributed by atoms with E-state index in [2.05, 4.69) is 119 Å². The SMILES string of the molecule is CC(C)(C)c1ccc(CCCc2c(C(C)(C)C)ccc(C(C)(C)C)c2C(C)(C)C)cc1. The summed E-state index contributed by atoms with van der Waals surface area (Å²) in [7, 11) is 0. The minimum atomic E-state index is 0.133. The maximum atomic E-state index is 2.42. The van der Waals surface area contributed by atoms with Gasteiger partial charge in [-0.1, -0.05) is 119 Å². The Morgan fingerprint density at radius 2 is 0.968 bits per heavy atom. The van der Waals surface area contributed by atoms with Crippen LogP contribution in [0, 0.1) is 0 Å². The van der Waals surface area contributed by atoms with Crippen molar-refractivity contribution in [2.45, 2.75) is 124 Å². The van der Waals surface area contributed by atoms with Crippen LogP contribution < -0.4 is 0 Å². The number of aryl methyl sites for hydroxylation is 1. The predicted molar refractivity (Wildman–Crippen MR) is 140 cm³/mol. The lowest BCUT2D eigenvalue weighted by molar-refractivity contribution is 0.512. The van der Waals surface area contributed by atoms with Gasteiger partial charge in [0.05, 0.1) is 0 Å². The van der Waals surface area contributed by atoms with Crippen molar-refractivity contribution in [2.75, 3.05) is 0 Å². The van der Waals surface area contributed by atoms with Crippen LogP contribution in [0.15, 0.2) is 36.4 Å². The molecule has 0 aromatic heterocycles. The molecule has 0 unspecified atom stereocenters. The Hall–Kier alpha value is -1.56. The van der Waals surface area contributed by atoms with Gasteiger partial charge in [-0.3, -0.25) is 0 Å². The number of benzene rings is 2. The Balaban J connectivity index is 2.42. The van der Waals surface area contributed by atoms with Crippen LogP contribution in [0.4, 0.5) is 0 Å². The third-order valence-electron chi connectivity index (χ3n) is 6.39. The minimum absolute atomic E-state index is 0.133. The van der Waals surface area contributed by atoms with E-state index < -0.39 is 0 Å². The number of hydrogen-bond acceptors (Lipinski definition) is 0. The first-order chi connectivity index (χ1) is 13.9. The van der Waals surface area contributed by atoms with E-state index >= 15 is 0 Å². The molecule has 0 heterocycles.